The molecule has 1 amide bonds. The van der Waals surface area contributed by atoms with Crippen LogP contribution in [0.25, 0.3) is 0 Å². The fourth-order valence-corrected chi connectivity index (χ4v) is 1.60. The van der Waals surface area contributed by atoms with Gasteiger partial charge >= 0.3 is 0 Å². The molecule has 5 heteroatoms. The second kappa shape index (κ2) is 6.86. The summed E-state index contributed by atoms with van der Waals surface area (Å²) in [5.74, 6) is 0.185. The van der Waals surface area contributed by atoms with Gasteiger partial charge in [-0.25, -0.2) is 0 Å². The van der Waals surface area contributed by atoms with Gasteiger partial charge in [-0.3, -0.25) is 4.79 Å². The summed E-state index contributed by atoms with van der Waals surface area (Å²) in [5, 5.41) is 2.83. The van der Waals surface area contributed by atoms with Crippen molar-refractivity contribution in [2.24, 2.45) is 0 Å². The molecule has 18 heavy (non-hydrogen) atoms. The Hall–Kier alpha value is -1.75. The number of nitrogens with one attached hydrogen (secondary N) is 1. The zero-order chi connectivity index (χ0) is 13.5. The van der Waals surface area contributed by atoms with Crippen molar-refractivity contribution >= 4 is 11.6 Å². The molecule has 0 aromatic heterocycles. The lowest BCUT2D eigenvalue weighted by atomic mass is 10.1. The topological polar surface area (TPSA) is 73.6 Å². The van der Waals surface area contributed by atoms with Gasteiger partial charge in [0.25, 0.3) is 5.91 Å². The van der Waals surface area contributed by atoms with E-state index >= 15 is 0 Å². The van der Waals surface area contributed by atoms with E-state index in [1.165, 1.54) is 7.11 Å². The van der Waals surface area contributed by atoms with Crippen LogP contribution in [-0.4, -0.2) is 32.3 Å². The SMILES string of the molecule is CCOCC(C)NC(=O)c1cccc(N)c1OC. The van der Waals surface area contributed by atoms with Crippen molar-refractivity contribution in [2.45, 2.75) is 19.9 Å². The first-order valence-electron chi connectivity index (χ1n) is 5.91. The Kier molecular flexibility index (Phi) is 5.45. The van der Waals surface area contributed by atoms with E-state index in [1.54, 1.807) is 18.2 Å². The quantitative estimate of drug-likeness (QED) is 0.751. The molecule has 0 aliphatic carbocycles. The summed E-state index contributed by atoms with van der Waals surface area (Å²) in [6.07, 6.45) is 0. The summed E-state index contributed by atoms with van der Waals surface area (Å²) in [4.78, 5) is 12.0. The van der Waals surface area contributed by atoms with Gasteiger partial charge < -0.3 is 20.5 Å². The van der Waals surface area contributed by atoms with Crippen LogP contribution in [0, 0.1) is 0 Å². The average molecular weight is 252 g/mol. The number of para-hydroxylation sites is 1. The largest absolute Gasteiger partial charge is 0.494 e. The number of rotatable bonds is 6. The molecular formula is C13H20N2O3. The van der Waals surface area contributed by atoms with Crippen molar-refractivity contribution in [3.63, 3.8) is 0 Å². The minimum absolute atomic E-state index is 0.0661. The summed E-state index contributed by atoms with van der Waals surface area (Å²) in [6.45, 7) is 4.90. The van der Waals surface area contributed by atoms with Crippen LogP contribution in [0.3, 0.4) is 0 Å². The molecule has 0 spiro atoms. The van der Waals surface area contributed by atoms with Crippen LogP contribution in [-0.2, 0) is 4.74 Å². The summed E-state index contributed by atoms with van der Waals surface area (Å²) in [7, 11) is 1.49. The zero-order valence-electron chi connectivity index (χ0n) is 11.0. The number of benzene rings is 1. The molecule has 1 aromatic rings. The minimum atomic E-state index is -0.216. The standard InChI is InChI=1S/C13H20N2O3/c1-4-18-8-9(2)15-13(16)10-6-5-7-11(14)12(10)17-3/h5-7,9H,4,8,14H2,1-3H3,(H,15,16). The highest BCUT2D eigenvalue weighted by Gasteiger charge is 2.16. The summed E-state index contributed by atoms with van der Waals surface area (Å²) < 4.78 is 10.4. The predicted octanol–water partition coefficient (Wildman–Crippen LogP) is 1.43. The first-order chi connectivity index (χ1) is 8.60. The summed E-state index contributed by atoms with van der Waals surface area (Å²) in [5.41, 5.74) is 6.63. The molecule has 0 heterocycles. The van der Waals surface area contributed by atoms with Gasteiger partial charge in [0, 0.05) is 12.6 Å². The lowest BCUT2D eigenvalue weighted by molar-refractivity contribution is 0.0869. The molecule has 0 fully saturated rings. The first-order valence-corrected chi connectivity index (χ1v) is 5.91. The number of nitrogen functional groups attached to an aromatic ring is 1. The number of anilines is 1. The predicted molar refractivity (Wildman–Crippen MR) is 70.8 cm³/mol. The van der Waals surface area contributed by atoms with Crippen LogP contribution in [0.4, 0.5) is 5.69 Å². The van der Waals surface area contributed by atoms with Gasteiger partial charge in [0.2, 0.25) is 0 Å². The Bertz CT molecular complexity index is 407. The molecule has 1 aromatic carbocycles. The number of ether oxygens (including phenoxy) is 2. The van der Waals surface area contributed by atoms with Crippen LogP contribution < -0.4 is 15.8 Å². The average Bonchev–Trinajstić information content (AvgIpc) is 2.35. The molecule has 0 aliphatic heterocycles. The van der Waals surface area contributed by atoms with E-state index in [0.29, 0.717) is 30.2 Å². The van der Waals surface area contributed by atoms with Gasteiger partial charge in [0.05, 0.1) is 25.0 Å². The first kappa shape index (κ1) is 14.3. The van der Waals surface area contributed by atoms with Gasteiger partial charge in [-0.05, 0) is 26.0 Å². The normalized spacial score (nSPS) is 11.9. The van der Waals surface area contributed by atoms with Gasteiger partial charge in [0.1, 0.15) is 0 Å². The molecule has 3 N–H and O–H groups in total. The second-order valence-corrected chi connectivity index (χ2v) is 3.96. The Balaban J connectivity index is 2.75. The van der Waals surface area contributed by atoms with E-state index in [1.807, 2.05) is 13.8 Å². The lowest BCUT2D eigenvalue weighted by Gasteiger charge is -2.15. The molecule has 1 atom stereocenters. The van der Waals surface area contributed by atoms with Gasteiger partial charge in [-0.1, -0.05) is 6.07 Å². The smallest absolute Gasteiger partial charge is 0.255 e. The van der Waals surface area contributed by atoms with Crippen molar-refractivity contribution in [1.82, 2.24) is 5.32 Å². The number of carbonyl (C=O) groups is 1. The fourth-order valence-electron chi connectivity index (χ4n) is 1.60. The lowest BCUT2D eigenvalue weighted by Crippen LogP contribution is -2.36. The number of hydrogen-bond donors (Lipinski definition) is 2. The zero-order valence-corrected chi connectivity index (χ0v) is 11.0. The highest BCUT2D eigenvalue weighted by molar-refractivity contribution is 5.98. The monoisotopic (exact) mass is 252 g/mol. The third-order valence-corrected chi connectivity index (χ3v) is 2.44. The molecule has 1 rings (SSSR count). The Morgan fingerprint density at radius 3 is 2.83 bits per heavy atom. The number of carbonyl (C=O) groups excluding carboxylic acids is 1. The molecular weight excluding hydrogens is 232 g/mol. The van der Waals surface area contributed by atoms with Crippen LogP contribution in [0.15, 0.2) is 18.2 Å². The molecule has 5 nitrogen and oxygen atoms in total. The van der Waals surface area contributed by atoms with Crippen molar-refractivity contribution in [2.75, 3.05) is 26.1 Å². The highest BCUT2D eigenvalue weighted by atomic mass is 16.5. The maximum absolute atomic E-state index is 12.0. The highest BCUT2D eigenvalue weighted by Crippen LogP contribution is 2.25. The second-order valence-electron chi connectivity index (χ2n) is 3.96. The van der Waals surface area contributed by atoms with Gasteiger partial charge in [-0.15, -0.1) is 0 Å². The van der Waals surface area contributed by atoms with Crippen LogP contribution in [0.2, 0.25) is 0 Å². The summed E-state index contributed by atoms with van der Waals surface area (Å²) in [6, 6.07) is 5.03. The molecule has 0 bridgehead atoms. The van der Waals surface area contributed by atoms with Crippen molar-refractivity contribution < 1.29 is 14.3 Å². The van der Waals surface area contributed by atoms with Crippen molar-refractivity contribution in [3.8, 4) is 5.75 Å². The number of nitrogens with two attached hydrogens (primary N) is 1. The number of hydrogen-bond acceptors (Lipinski definition) is 4. The third-order valence-electron chi connectivity index (χ3n) is 2.44. The van der Waals surface area contributed by atoms with Crippen LogP contribution in [0.1, 0.15) is 24.2 Å². The molecule has 0 saturated heterocycles. The molecule has 0 radical (unpaired) electrons. The van der Waals surface area contributed by atoms with E-state index in [9.17, 15) is 4.79 Å². The van der Waals surface area contributed by atoms with Crippen molar-refractivity contribution in [3.05, 3.63) is 23.8 Å². The maximum atomic E-state index is 12.0. The molecule has 0 aliphatic rings. The molecule has 1 unspecified atom stereocenters. The van der Waals surface area contributed by atoms with E-state index in [0.717, 1.165) is 0 Å². The van der Waals surface area contributed by atoms with E-state index in [-0.39, 0.29) is 11.9 Å². The van der Waals surface area contributed by atoms with Crippen LogP contribution >= 0.6 is 0 Å². The summed E-state index contributed by atoms with van der Waals surface area (Å²) >= 11 is 0. The number of amides is 1. The van der Waals surface area contributed by atoms with E-state index in [2.05, 4.69) is 5.32 Å². The van der Waals surface area contributed by atoms with Crippen LogP contribution in [0.5, 0.6) is 5.75 Å². The maximum Gasteiger partial charge on any atom is 0.255 e. The minimum Gasteiger partial charge on any atom is -0.494 e. The van der Waals surface area contributed by atoms with Gasteiger partial charge in [0.15, 0.2) is 5.75 Å². The Labute approximate surface area is 107 Å². The van der Waals surface area contributed by atoms with E-state index < -0.39 is 0 Å². The van der Waals surface area contributed by atoms with Gasteiger partial charge in [-0.2, -0.15) is 0 Å². The number of methoxy groups -OCH3 is 1. The molecule has 100 valence electrons. The molecule has 0 saturated carbocycles. The third kappa shape index (κ3) is 3.63. The Morgan fingerprint density at radius 2 is 2.22 bits per heavy atom. The Morgan fingerprint density at radius 1 is 1.50 bits per heavy atom. The fraction of sp³-hybridized carbons (Fsp3) is 0.462. The van der Waals surface area contributed by atoms with E-state index in [4.69, 9.17) is 15.2 Å². The van der Waals surface area contributed by atoms with Crippen molar-refractivity contribution in [1.29, 1.82) is 0 Å².